The summed E-state index contributed by atoms with van der Waals surface area (Å²) in [6.45, 7) is 5.36. The molecule has 0 aliphatic carbocycles. The molecule has 0 bridgehead atoms. The van der Waals surface area contributed by atoms with Gasteiger partial charge in [0, 0.05) is 36.6 Å². The molecular weight excluding hydrogens is 242 g/mol. The first-order valence-electron chi connectivity index (χ1n) is 6.47. The number of benzene rings is 1. The molecule has 0 saturated carbocycles. The van der Waals surface area contributed by atoms with Gasteiger partial charge in [0.05, 0.1) is 12.2 Å². The van der Waals surface area contributed by atoms with Gasteiger partial charge in [-0.05, 0) is 34.0 Å². The summed E-state index contributed by atoms with van der Waals surface area (Å²) in [6, 6.07) is 5.49. The van der Waals surface area contributed by atoms with Crippen molar-refractivity contribution in [2.75, 3.05) is 44.8 Å². The van der Waals surface area contributed by atoms with Crippen molar-refractivity contribution in [2.24, 2.45) is 0 Å². The number of ether oxygens (including phenoxy) is 1. The second kappa shape index (κ2) is 6.63. The van der Waals surface area contributed by atoms with Gasteiger partial charge in [-0.15, -0.1) is 0 Å². The van der Waals surface area contributed by atoms with Gasteiger partial charge in [-0.3, -0.25) is 0 Å². The van der Waals surface area contributed by atoms with Crippen LogP contribution in [0.15, 0.2) is 18.2 Å². The van der Waals surface area contributed by atoms with Crippen LogP contribution in [0.25, 0.3) is 0 Å². The molecular formula is C14H25N3O2. The van der Waals surface area contributed by atoms with Crippen molar-refractivity contribution in [1.29, 1.82) is 0 Å². The molecule has 0 saturated heterocycles. The molecule has 0 spiro atoms. The molecule has 5 heteroatoms. The van der Waals surface area contributed by atoms with Gasteiger partial charge < -0.3 is 25.8 Å². The van der Waals surface area contributed by atoms with Crippen LogP contribution in [0.3, 0.4) is 0 Å². The smallest absolute Gasteiger partial charge is 0.123 e. The highest BCUT2D eigenvalue weighted by molar-refractivity contribution is 5.59. The van der Waals surface area contributed by atoms with Crippen LogP contribution in [-0.2, 0) is 0 Å². The topological polar surface area (TPSA) is 70.8 Å². The van der Waals surface area contributed by atoms with E-state index in [0.717, 1.165) is 11.4 Å². The zero-order chi connectivity index (χ0) is 14.5. The predicted octanol–water partition coefficient (Wildman–Crippen LogP) is 1.39. The Hall–Kier alpha value is -1.46. The number of hydrogen-bond donors (Lipinski definition) is 3. The van der Waals surface area contributed by atoms with E-state index in [4.69, 9.17) is 10.5 Å². The van der Waals surface area contributed by atoms with E-state index in [0.29, 0.717) is 25.4 Å². The molecule has 1 rings (SSSR count). The summed E-state index contributed by atoms with van der Waals surface area (Å²) >= 11 is 0. The molecule has 0 aliphatic rings. The summed E-state index contributed by atoms with van der Waals surface area (Å²) in [7, 11) is 3.87. The summed E-state index contributed by atoms with van der Waals surface area (Å²) in [5.74, 6) is 0.734. The molecule has 19 heavy (non-hydrogen) atoms. The Morgan fingerprint density at radius 3 is 2.63 bits per heavy atom. The molecule has 0 radical (unpaired) electrons. The summed E-state index contributed by atoms with van der Waals surface area (Å²) in [5, 5.41) is 13.4. The van der Waals surface area contributed by atoms with Crippen LogP contribution in [0, 0.1) is 0 Å². The number of hydrogen-bond acceptors (Lipinski definition) is 5. The third-order valence-corrected chi connectivity index (χ3v) is 2.57. The van der Waals surface area contributed by atoms with E-state index in [9.17, 15) is 5.11 Å². The molecule has 1 aromatic carbocycles. The highest BCUT2D eigenvalue weighted by atomic mass is 16.5. The fourth-order valence-electron chi connectivity index (χ4n) is 2.00. The lowest BCUT2D eigenvalue weighted by Crippen LogP contribution is -2.43. The van der Waals surface area contributed by atoms with Crippen molar-refractivity contribution in [2.45, 2.75) is 19.4 Å². The largest absolute Gasteiger partial charge is 0.494 e. The minimum absolute atomic E-state index is 0.445. The van der Waals surface area contributed by atoms with Crippen LogP contribution >= 0.6 is 0 Å². The number of nitrogens with zero attached hydrogens (tertiary/aromatic N) is 1. The van der Waals surface area contributed by atoms with Gasteiger partial charge in [-0.1, -0.05) is 0 Å². The number of nitrogens with one attached hydrogen (secondary N) is 1. The Kier molecular flexibility index (Phi) is 5.44. The second-order valence-electron chi connectivity index (χ2n) is 5.31. The van der Waals surface area contributed by atoms with E-state index in [1.807, 2.05) is 38.1 Å². The third-order valence-electron chi connectivity index (χ3n) is 2.57. The van der Waals surface area contributed by atoms with Gasteiger partial charge in [0.15, 0.2) is 0 Å². The van der Waals surface area contributed by atoms with Crippen molar-refractivity contribution in [3.8, 4) is 5.75 Å². The monoisotopic (exact) mass is 267 g/mol. The van der Waals surface area contributed by atoms with E-state index in [-0.39, 0.29) is 0 Å². The van der Waals surface area contributed by atoms with Crippen LogP contribution in [0.2, 0.25) is 0 Å². The van der Waals surface area contributed by atoms with Gasteiger partial charge >= 0.3 is 0 Å². The van der Waals surface area contributed by atoms with Crippen LogP contribution in [0.4, 0.5) is 11.4 Å². The first kappa shape index (κ1) is 15.6. The van der Waals surface area contributed by atoms with E-state index < -0.39 is 5.60 Å². The van der Waals surface area contributed by atoms with Gasteiger partial charge in [0.2, 0.25) is 0 Å². The van der Waals surface area contributed by atoms with Crippen LogP contribution in [0.1, 0.15) is 13.8 Å². The quantitative estimate of drug-likeness (QED) is 0.651. The lowest BCUT2D eigenvalue weighted by molar-refractivity contribution is 0.0460. The Morgan fingerprint density at radius 2 is 2.05 bits per heavy atom. The highest BCUT2D eigenvalue weighted by Gasteiger charge is 2.20. The number of aliphatic hydroxyl groups is 1. The van der Waals surface area contributed by atoms with Crippen molar-refractivity contribution in [3.63, 3.8) is 0 Å². The maximum atomic E-state index is 10.2. The fourth-order valence-corrected chi connectivity index (χ4v) is 2.00. The summed E-state index contributed by atoms with van der Waals surface area (Å²) < 4.78 is 5.43. The molecule has 5 nitrogen and oxygen atoms in total. The maximum Gasteiger partial charge on any atom is 0.123 e. The molecule has 1 atom stereocenters. The summed E-state index contributed by atoms with van der Waals surface area (Å²) in [5.41, 5.74) is 6.50. The number of nitrogens with two attached hydrogens (primary N) is 1. The van der Waals surface area contributed by atoms with Crippen molar-refractivity contribution < 1.29 is 9.84 Å². The molecule has 108 valence electrons. The molecule has 0 aliphatic heterocycles. The number of anilines is 2. The Bertz CT molecular complexity index is 406. The van der Waals surface area contributed by atoms with E-state index >= 15 is 0 Å². The third kappa shape index (κ3) is 5.81. The van der Waals surface area contributed by atoms with Gasteiger partial charge in [-0.2, -0.15) is 0 Å². The summed E-state index contributed by atoms with van der Waals surface area (Å²) in [4.78, 5) is 1.95. The van der Waals surface area contributed by atoms with Gasteiger partial charge in [0.25, 0.3) is 0 Å². The van der Waals surface area contributed by atoms with Crippen molar-refractivity contribution in [3.05, 3.63) is 18.2 Å². The molecule has 0 aromatic heterocycles. The standard InChI is InChI=1S/C14H25N3O2/c1-5-19-13-7-11(15)6-12(8-13)16-9-14(2,18)10-17(3)4/h6-8,16,18H,5,9-10,15H2,1-4H3. The first-order chi connectivity index (χ1) is 8.82. The van der Waals surface area contributed by atoms with Crippen LogP contribution < -0.4 is 15.8 Å². The number of nitrogen functional groups attached to an aromatic ring is 1. The molecule has 0 amide bonds. The first-order valence-corrected chi connectivity index (χ1v) is 6.47. The predicted molar refractivity (Wildman–Crippen MR) is 79.7 cm³/mol. The molecule has 4 N–H and O–H groups in total. The molecule has 1 aromatic rings. The fraction of sp³-hybridized carbons (Fsp3) is 0.571. The minimum Gasteiger partial charge on any atom is -0.494 e. The normalized spacial score (nSPS) is 14.2. The average Bonchev–Trinajstić information content (AvgIpc) is 2.24. The maximum absolute atomic E-state index is 10.2. The summed E-state index contributed by atoms with van der Waals surface area (Å²) in [6.07, 6.45) is 0. The van der Waals surface area contributed by atoms with Crippen LogP contribution in [-0.4, -0.2) is 49.4 Å². The Balaban J connectivity index is 2.66. The minimum atomic E-state index is -0.806. The number of rotatable bonds is 7. The van der Waals surface area contributed by atoms with E-state index in [2.05, 4.69) is 5.32 Å². The van der Waals surface area contributed by atoms with Crippen molar-refractivity contribution in [1.82, 2.24) is 4.90 Å². The molecule has 0 fully saturated rings. The highest BCUT2D eigenvalue weighted by Crippen LogP contribution is 2.23. The zero-order valence-electron chi connectivity index (χ0n) is 12.2. The second-order valence-corrected chi connectivity index (χ2v) is 5.31. The van der Waals surface area contributed by atoms with Gasteiger partial charge in [0.1, 0.15) is 5.75 Å². The van der Waals surface area contributed by atoms with E-state index in [1.165, 1.54) is 0 Å². The number of likely N-dealkylation sites (N-methyl/N-ethyl adjacent to an activating group) is 1. The lowest BCUT2D eigenvalue weighted by atomic mass is 10.1. The van der Waals surface area contributed by atoms with Crippen molar-refractivity contribution >= 4 is 11.4 Å². The van der Waals surface area contributed by atoms with Gasteiger partial charge in [-0.25, -0.2) is 0 Å². The lowest BCUT2D eigenvalue weighted by Gasteiger charge is -2.27. The van der Waals surface area contributed by atoms with Crippen LogP contribution in [0.5, 0.6) is 5.75 Å². The Labute approximate surface area is 115 Å². The SMILES string of the molecule is CCOc1cc(N)cc(NCC(C)(O)CN(C)C)c1. The van der Waals surface area contributed by atoms with E-state index in [1.54, 1.807) is 13.0 Å². The zero-order valence-corrected chi connectivity index (χ0v) is 12.2. The average molecular weight is 267 g/mol. The molecule has 1 unspecified atom stereocenters. The molecule has 0 heterocycles. The Morgan fingerprint density at radius 1 is 1.37 bits per heavy atom.